The van der Waals surface area contributed by atoms with Crippen molar-refractivity contribution in [2.24, 2.45) is 5.10 Å². The van der Waals surface area contributed by atoms with Crippen LogP contribution in [0.3, 0.4) is 0 Å². The molecule has 9 heteroatoms. The zero-order valence-electron chi connectivity index (χ0n) is 14.5. The molecule has 144 valence electrons. The van der Waals surface area contributed by atoms with Gasteiger partial charge in [-0.3, -0.25) is 4.79 Å². The fourth-order valence-corrected chi connectivity index (χ4v) is 2.50. The summed E-state index contributed by atoms with van der Waals surface area (Å²) in [5.74, 6) is -0.226. The van der Waals surface area contributed by atoms with Crippen LogP contribution in [0.5, 0.6) is 11.5 Å². The van der Waals surface area contributed by atoms with E-state index in [4.69, 9.17) is 9.47 Å². The Balaban J connectivity index is 2.10. The third kappa shape index (κ3) is 4.27. The molecule has 2 rings (SSSR count). The highest BCUT2D eigenvalue weighted by Gasteiger charge is 2.63. The van der Waals surface area contributed by atoms with E-state index >= 15 is 0 Å². The number of alkyl halides is 3. The van der Waals surface area contributed by atoms with Crippen LogP contribution in [-0.4, -0.2) is 47.4 Å². The Bertz CT molecular complexity index is 661. The van der Waals surface area contributed by atoms with Gasteiger partial charge in [-0.25, -0.2) is 0 Å². The normalized spacial score (nSPS) is 20.1. The first-order chi connectivity index (χ1) is 12.2. The summed E-state index contributed by atoms with van der Waals surface area (Å²) in [6.45, 7) is 1.20. The number of carbonyl (C=O) groups excluding carboxylic acids is 1. The van der Waals surface area contributed by atoms with Gasteiger partial charge in [-0.15, -0.1) is 0 Å². The van der Waals surface area contributed by atoms with Crippen LogP contribution < -0.4 is 9.47 Å². The Morgan fingerprint density at radius 2 is 1.92 bits per heavy atom. The number of benzene rings is 1. The van der Waals surface area contributed by atoms with Crippen molar-refractivity contribution in [3.8, 4) is 11.5 Å². The van der Waals surface area contributed by atoms with Crippen LogP contribution in [0.2, 0.25) is 0 Å². The van der Waals surface area contributed by atoms with Crippen LogP contribution in [0.4, 0.5) is 13.2 Å². The molecule has 1 heterocycles. The molecular formula is C17H21F3N2O4. The maximum atomic E-state index is 13.3. The number of hydrogen-bond donors (Lipinski definition) is 1. The molecule has 0 fully saturated rings. The van der Waals surface area contributed by atoms with E-state index in [1.54, 1.807) is 12.1 Å². The average Bonchev–Trinajstić information content (AvgIpc) is 2.96. The summed E-state index contributed by atoms with van der Waals surface area (Å²) in [6, 6.07) is 6.20. The Morgan fingerprint density at radius 1 is 1.31 bits per heavy atom. The van der Waals surface area contributed by atoms with Gasteiger partial charge < -0.3 is 14.6 Å². The third-order valence-corrected chi connectivity index (χ3v) is 3.97. The molecule has 0 bridgehead atoms. The molecular weight excluding hydrogens is 353 g/mol. The second kappa shape index (κ2) is 7.94. The van der Waals surface area contributed by atoms with Gasteiger partial charge in [0.05, 0.1) is 7.11 Å². The van der Waals surface area contributed by atoms with Crippen molar-refractivity contribution in [3.05, 3.63) is 24.3 Å². The predicted octanol–water partition coefficient (Wildman–Crippen LogP) is 3.10. The van der Waals surface area contributed by atoms with E-state index < -0.39 is 30.8 Å². The second-order valence-corrected chi connectivity index (χ2v) is 5.93. The summed E-state index contributed by atoms with van der Waals surface area (Å²) >= 11 is 0. The number of aliphatic hydroxyl groups is 1. The first kappa shape index (κ1) is 20.0. The molecule has 26 heavy (non-hydrogen) atoms. The summed E-state index contributed by atoms with van der Waals surface area (Å²) in [5.41, 5.74) is -3.19. The van der Waals surface area contributed by atoms with Crippen LogP contribution in [0.1, 0.15) is 32.6 Å². The molecule has 1 aromatic rings. The second-order valence-electron chi connectivity index (χ2n) is 5.93. The molecule has 0 saturated heterocycles. The number of halogens is 3. The van der Waals surface area contributed by atoms with Crippen LogP contribution in [0, 0.1) is 0 Å². The van der Waals surface area contributed by atoms with Gasteiger partial charge in [-0.1, -0.05) is 13.3 Å². The zero-order valence-corrected chi connectivity index (χ0v) is 14.5. The number of nitrogens with zero attached hydrogens (tertiary/aromatic N) is 2. The van der Waals surface area contributed by atoms with Gasteiger partial charge in [0.2, 0.25) is 0 Å². The van der Waals surface area contributed by atoms with Crippen molar-refractivity contribution in [2.45, 2.75) is 44.5 Å². The monoisotopic (exact) mass is 374 g/mol. The minimum absolute atomic E-state index is 0.0987. The van der Waals surface area contributed by atoms with Crippen molar-refractivity contribution < 1.29 is 32.5 Å². The van der Waals surface area contributed by atoms with Gasteiger partial charge >= 0.3 is 6.18 Å². The summed E-state index contributed by atoms with van der Waals surface area (Å²) in [5, 5.41) is 13.9. The summed E-state index contributed by atoms with van der Waals surface area (Å²) in [7, 11) is 1.48. The number of amides is 1. The van der Waals surface area contributed by atoms with E-state index in [2.05, 4.69) is 5.10 Å². The maximum absolute atomic E-state index is 13.3. The molecule has 6 nitrogen and oxygen atoms in total. The van der Waals surface area contributed by atoms with Crippen molar-refractivity contribution in [3.63, 3.8) is 0 Å². The largest absolute Gasteiger partial charge is 0.497 e. The smallest absolute Gasteiger partial charge is 0.438 e. The Labute approximate surface area is 149 Å². The Kier molecular flexibility index (Phi) is 6.12. The van der Waals surface area contributed by atoms with Crippen LogP contribution >= 0.6 is 0 Å². The van der Waals surface area contributed by atoms with Gasteiger partial charge in [0.15, 0.2) is 6.61 Å². The molecule has 1 N–H and O–H groups in total. The first-order valence-electron chi connectivity index (χ1n) is 8.16. The fraction of sp³-hybridized carbons (Fsp3) is 0.529. The quantitative estimate of drug-likeness (QED) is 0.796. The topological polar surface area (TPSA) is 71.4 Å². The highest BCUT2D eigenvalue weighted by atomic mass is 19.4. The van der Waals surface area contributed by atoms with E-state index in [9.17, 15) is 23.1 Å². The van der Waals surface area contributed by atoms with Crippen LogP contribution in [-0.2, 0) is 4.79 Å². The number of methoxy groups -OCH3 is 1. The average molecular weight is 374 g/mol. The van der Waals surface area contributed by atoms with Gasteiger partial charge in [0.25, 0.3) is 11.6 Å². The molecule has 0 aliphatic carbocycles. The lowest BCUT2D eigenvalue weighted by molar-refractivity contribution is -0.302. The van der Waals surface area contributed by atoms with Gasteiger partial charge in [0.1, 0.15) is 11.5 Å². The van der Waals surface area contributed by atoms with Crippen molar-refractivity contribution in [1.29, 1.82) is 0 Å². The van der Waals surface area contributed by atoms with Crippen LogP contribution in [0.15, 0.2) is 29.4 Å². The maximum Gasteiger partial charge on any atom is 0.438 e. The number of unbranched alkanes of at least 4 members (excludes halogenated alkanes) is 1. The fourth-order valence-electron chi connectivity index (χ4n) is 2.50. The lowest BCUT2D eigenvalue weighted by Crippen LogP contribution is -2.57. The molecule has 1 amide bonds. The summed E-state index contributed by atoms with van der Waals surface area (Å²) in [6.07, 6.45) is -4.10. The van der Waals surface area contributed by atoms with Crippen molar-refractivity contribution >= 4 is 11.6 Å². The molecule has 0 unspecified atom stereocenters. The first-order valence-corrected chi connectivity index (χ1v) is 8.16. The van der Waals surface area contributed by atoms with Crippen molar-refractivity contribution in [2.75, 3.05) is 13.7 Å². The van der Waals surface area contributed by atoms with Gasteiger partial charge in [-0.05, 0) is 37.1 Å². The highest BCUT2D eigenvalue weighted by Crippen LogP contribution is 2.41. The summed E-state index contributed by atoms with van der Waals surface area (Å²) in [4.78, 5) is 12.2. The molecule has 1 atom stereocenters. The molecule has 0 aromatic heterocycles. The van der Waals surface area contributed by atoms with E-state index in [0.717, 1.165) is 6.42 Å². The molecule has 1 aliphatic heterocycles. The molecule has 1 aromatic carbocycles. The minimum atomic E-state index is -5.03. The van der Waals surface area contributed by atoms with Crippen molar-refractivity contribution in [1.82, 2.24) is 5.01 Å². The van der Waals surface area contributed by atoms with E-state index in [0.29, 0.717) is 12.2 Å². The number of rotatable bonds is 7. The molecule has 1 aliphatic rings. The number of hydrogen-bond acceptors (Lipinski definition) is 5. The lowest BCUT2D eigenvalue weighted by atomic mass is 10.0. The SMILES string of the molecule is CCCCC1=NN(C(=O)COc2ccc(OC)cc2)[C@@](O)(C(F)(F)F)C1. The molecule has 0 radical (unpaired) electrons. The highest BCUT2D eigenvalue weighted by molar-refractivity contribution is 5.91. The molecule has 0 spiro atoms. The van der Waals surface area contributed by atoms with E-state index in [-0.39, 0.29) is 22.9 Å². The molecule has 0 saturated carbocycles. The third-order valence-electron chi connectivity index (χ3n) is 3.97. The standard InChI is InChI=1S/C17H21F3N2O4/c1-3-4-5-12-10-16(24,17(18,19)20)22(21-12)15(23)11-26-14-8-6-13(25-2)7-9-14/h6-9,24H,3-5,10-11H2,1-2H3/t16-/m0/s1. The number of ether oxygens (including phenoxy) is 2. The van der Waals surface area contributed by atoms with E-state index in [1.165, 1.54) is 19.2 Å². The van der Waals surface area contributed by atoms with Crippen LogP contribution in [0.25, 0.3) is 0 Å². The van der Waals surface area contributed by atoms with E-state index in [1.807, 2.05) is 6.92 Å². The predicted molar refractivity (Wildman–Crippen MR) is 87.9 cm³/mol. The lowest BCUT2D eigenvalue weighted by Gasteiger charge is -2.32. The van der Waals surface area contributed by atoms with Gasteiger partial charge in [0, 0.05) is 12.1 Å². The number of hydrazone groups is 1. The Morgan fingerprint density at radius 3 is 2.46 bits per heavy atom. The Hall–Kier alpha value is -2.29. The van der Waals surface area contributed by atoms with Gasteiger partial charge in [-0.2, -0.15) is 23.3 Å². The zero-order chi connectivity index (χ0) is 19.4. The summed E-state index contributed by atoms with van der Waals surface area (Å²) < 4.78 is 50.2. The minimum Gasteiger partial charge on any atom is -0.497 e. The number of carbonyl (C=O) groups is 1.